The third-order valence-corrected chi connectivity index (χ3v) is 4.79. The Labute approximate surface area is 150 Å². The Morgan fingerprint density at radius 3 is 2.16 bits per heavy atom. The largest absolute Gasteiger partial charge is 0.464 e. The van der Waals surface area contributed by atoms with Crippen LogP contribution >= 0.6 is 11.8 Å². The van der Waals surface area contributed by atoms with Crippen LogP contribution in [0.4, 0.5) is 0 Å². The van der Waals surface area contributed by atoms with Gasteiger partial charge in [-0.1, -0.05) is 30.3 Å². The second kappa shape index (κ2) is 7.98. The quantitative estimate of drug-likeness (QED) is 0.434. The molecule has 0 unspecified atom stereocenters. The monoisotopic (exact) mass is 355 g/mol. The van der Waals surface area contributed by atoms with Crippen LogP contribution in [0.15, 0.2) is 59.5 Å². The molecule has 0 bridgehead atoms. The normalized spacial score (nSPS) is 13.0. The Hall–Kier alpha value is -2.60. The molecule has 0 fully saturated rings. The molecule has 1 aliphatic rings. The number of thioether (sulfide) groups is 1. The number of hydrogen-bond acceptors (Lipinski definition) is 5. The standard InChI is InChI=1S/C19H17NO4S/c21-17(10-13-25-14-6-2-1-3-7-14)24-12-11-20-18(22)15-8-4-5-9-16(15)19(20)23/h1-9H,10-13H2. The van der Waals surface area contributed by atoms with Crippen LogP contribution in [0.3, 0.4) is 0 Å². The van der Waals surface area contributed by atoms with E-state index in [0.29, 0.717) is 16.9 Å². The molecular weight excluding hydrogens is 338 g/mol. The second-order valence-electron chi connectivity index (χ2n) is 5.44. The number of benzene rings is 2. The third-order valence-electron chi connectivity index (χ3n) is 3.77. The highest BCUT2D eigenvalue weighted by molar-refractivity contribution is 7.99. The van der Waals surface area contributed by atoms with Crippen LogP contribution in [0.2, 0.25) is 0 Å². The first-order valence-corrected chi connectivity index (χ1v) is 8.94. The molecular formula is C19H17NO4S. The number of rotatable bonds is 7. The Bertz CT molecular complexity index is 756. The highest BCUT2D eigenvalue weighted by atomic mass is 32.2. The Morgan fingerprint density at radius 1 is 0.920 bits per heavy atom. The molecule has 0 atom stereocenters. The molecule has 0 radical (unpaired) electrons. The molecule has 0 saturated carbocycles. The summed E-state index contributed by atoms with van der Waals surface area (Å²) in [6.07, 6.45) is 0.279. The van der Waals surface area contributed by atoms with Gasteiger partial charge in [-0.3, -0.25) is 19.3 Å². The highest BCUT2D eigenvalue weighted by Gasteiger charge is 2.34. The molecule has 1 heterocycles. The van der Waals surface area contributed by atoms with Crippen molar-refractivity contribution >= 4 is 29.5 Å². The van der Waals surface area contributed by atoms with E-state index in [9.17, 15) is 14.4 Å². The Kier molecular flexibility index (Phi) is 5.50. The molecule has 128 valence electrons. The van der Waals surface area contributed by atoms with Crippen LogP contribution in [-0.4, -0.2) is 41.6 Å². The smallest absolute Gasteiger partial charge is 0.306 e. The molecule has 6 heteroatoms. The van der Waals surface area contributed by atoms with E-state index >= 15 is 0 Å². The maximum atomic E-state index is 12.2. The summed E-state index contributed by atoms with van der Waals surface area (Å²) in [5, 5.41) is 0. The van der Waals surface area contributed by atoms with E-state index in [4.69, 9.17) is 4.74 Å². The van der Waals surface area contributed by atoms with Crippen molar-refractivity contribution in [1.29, 1.82) is 0 Å². The van der Waals surface area contributed by atoms with Gasteiger partial charge in [0.2, 0.25) is 0 Å². The summed E-state index contributed by atoms with van der Waals surface area (Å²) in [6.45, 7) is 0.0875. The second-order valence-corrected chi connectivity index (χ2v) is 6.61. The van der Waals surface area contributed by atoms with E-state index in [1.54, 1.807) is 36.0 Å². The highest BCUT2D eigenvalue weighted by Crippen LogP contribution is 2.22. The van der Waals surface area contributed by atoms with Crippen molar-refractivity contribution < 1.29 is 19.1 Å². The van der Waals surface area contributed by atoms with Gasteiger partial charge in [-0.15, -0.1) is 11.8 Å². The zero-order chi connectivity index (χ0) is 17.6. The first-order chi connectivity index (χ1) is 12.2. The lowest BCUT2D eigenvalue weighted by Crippen LogP contribution is -2.33. The SMILES string of the molecule is O=C(CCSc1ccccc1)OCCN1C(=O)c2ccccc2C1=O. The fourth-order valence-corrected chi connectivity index (χ4v) is 3.39. The lowest BCUT2D eigenvalue weighted by molar-refractivity contribution is -0.143. The van der Waals surface area contributed by atoms with Gasteiger partial charge in [0.25, 0.3) is 11.8 Å². The molecule has 0 N–H and O–H groups in total. The lowest BCUT2D eigenvalue weighted by Gasteiger charge is -2.13. The van der Waals surface area contributed by atoms with Gasteiger partial charge < -0.3 is 4.74 Å². The van der Waals surface area contributed by atoms with Gasteiger partial charge in [0.1, 0.15) is 6.61 Å². The maximum absolute atomic E-state index is 12.2. The van der Waals surface area contributed by atoms with Gasteiger partial charge >= 0.3 is 5.97 Å². The number of fused-ring (bicyclic) bond motifs is 1. The maximum Gasteiger partial charge on any atom is 0.306 e. The van der Waals surface area contributed by atoms with E-state index in [2.05, 4.69) is 0 Å². The van der Waals surface area contributed by atoms with Crippen molar-refractivity contribution in [3.05, 3.63) is 65.7 Å². The minimum absolute atomic E-state index is 0.0142. The van der Waals surface area contributed by atoms with Gasteiger partial charge in [0.15, 0.2) is 0 Å². The van der Waals surface area contributed by atoms with Crippen LogP contribution in [0, 0.1) is 0 Å². The number of hydrogen-bond donors (Lipinski definition) is 0. The minimum Gasteiger partial charge on any atom is -0.464 e. The predicted octanol–water partition coefficient (Wildman–Crippen LogP) is 3.01. The van der Waals surface area contributed by atoms with Crippen LogP contribution in [0.1, 0.15) is 27.1 Å². The Morgan fingerprint density at radius 2 is 1.52 bits per heavy atom. The summed E-state index contributed by atoms with van der Waals surface area (Å²) in [4.78, 5) is 38.3. The van der Waals surface area contributed by atoms with Crippen molar-refractivity contribution in [2.75, 3.05) is 18.9 Å². The fourth-order valence-electron chi connectivity index (χ4n) is 2.53. The van der Waals surface area contributed by atoms with Crippen molar-refractivity contribution in [2.45, 2.75) is 11.3 Å². The molecule has 2 aromatic rings. The average molecular weight is 355 g/mol. The number of nitrogens with zero attached hydrogens (tertiary/aromatic N) is 1. The fraction of sp³-hybridized carbons (Fsp3) is 0.211. The Balaban J connectivity index is 1.40. The average Bonchev–Trinajstić information content (AvgIpc) is 2.88. The van der Waals surface area contributed by atoms with Gasteiger partial charge in [0, 0.05) is 10.6 Å². The summed E-state index contributed by atoms with van der Waals surface area (Å²) in [5.41, 5.74) is 0.802. The van der Waals surface area contributed by atoms with Gasteiger partial charge in [-0.25, -0.2) is 0 Å². The van der Waals surface area contributed by atoms with Crippen molar-refractivity contribution in [2.24, 2.45) is 0 Å². The van der Waals surface area contributed by atoms with Gasteiger partial charge in [0.05, 0.1) is 24.1 Å². The van der Waals surface area contributed by atoms with Gasteiger partial charge in [-0.05, 0) is 24.3 Å². The third kappa shape index (κ3) is 4.09. The molecule has 0 saturated heterocycles. The van der Waals surface area contributed by atoms with Crippen molar-refractivity contribution in [3.8, 4) is 0 Å². The van der Waals surface area contributed by atoms with Crippen LogP contribution in [0.25, 0.3) is 0 Å². The molecule has 5 nitrogen and oxygen atoms in total. The van der Waals surface area contributed by atoms with Crippen molar-refractivity contribution in [1.82, 2.24) is 4.90 Å². The van der Waals surface area contributed by atoms with Gasteiger partial charge in [-0.2, -0.15) is 0 Å². The minimum atomic E-state index is -0.337. The molecule has 25 heavy (non-hydrogen) atoms. The molecule has 2 aromatic carbocycles. The topological polar surface area (TPSA) is 63.7 Å². The first kappa shape index (κ1) is 17.2. The number of carbonyl (C=O) groups is 3. The summed E-state index contributed by atoms with van der Waals surface area (Å²) < 4.78 is 5.14. The van der Waals surface area contributed by atoms with E-state index in [1.165, 1.54) is 0 Å². The number of imide groups is 1. The zero-order valence-corrected chi connectivity index (χ0v) is 14.3. The van der Waals surface area contributed by atoms with E-state index in [-0.39, 0.29) is 37.4 Å². The molecule has 0 aromatic heterocycles. The summed E-state index contributed by atoms with van der Waals surface area (Å²) in [7, 11) is 0. The van der Waals surface area contributed by atoms with Crippen LogP contribution in [0.5, 0.6) is 0 Å². The summed E-state index contributed by atoms with van der Waals surface area (Å²) in [5.74, 6) is -0.386. The summed E-state index contributed by atoms with van der Waals surface area (Å²) >= 11 is 1.58. The number of esters is 1. The number of carbonyl (C=O) groups excluding carboxylic acids is 3. The molecule has 0 spiro atoms. The van der Waals surface area contributed by atoms with Crippen LogP contribution < -0.4 is 0 Å². The molecule has 3 rings (SSSR count). The van der Waals surface area contributed by atoms with Crippen molar-refractivity contribution in [3.63, 3.8) is 0 Å². The summed E-state index contributed by atoms with van der Waals surface area (Å²) in [6, 6.07) is 16.5. The predicted molar refractivity (Wildman–Crippen MR) is 94.6 cm³/mol. The number of amides is 2. The zero-order valence-electron chi connectivity index (χ0n) is 13.5. The first-order valence-electron chi connectivity index (χ1n) is 7.95. The van der Waals surface area contributed by atoms with E-state index in [0.717, 1.165) is 9.80 Å². The molecule has 1 aliphatic heterocycles. The van der Waals surface area contributed by atoms with E-state index in [1.807, 2.05) is 30.3 Å². The van der Waals surface area contributed by atoms with E-state index < -0.39 is 0 Å². The lowest BCUT2D eigenvalue weighted by atomic mass is 10.1. The van der Waals surface area contributed by atoms with Crippen LogP contribution in [-0.2, 0) is 9.53 Å². The molecule has 2 amide bonds. The number of ether oxygens (including phenoxy) is 1. The molecule has 0 aliphatic carbocycles.